The molecule has 5 nitrogen and oxygen atoms in total. The fourth-order valence-electron chi connectivity index (χ4n) is 2.35. The van der Waals surface area contributed by atoms with E-state index in [2.05, 4.69) is 29.2 Å². The number of carbonyl (C=O) groups excluding carboxylic acids is 1. The number of hydrogen-bond donors (Lipinski definition) is 1. The summed E-state index contributed by atoms with van der Waals surface area (Å²) in [7, 11) is 0. The minimum atomic E-state index is -0.129. The second kappa shape index (κ2) is 6.97. The molecule has 0 aliphatic rings. The van der Waals surface area contributed by atoms with Crippen LogP contribution < -0.4 is 5.32 Å². The van der Waals surface area contributed by atoms with Gasteiger partial charge in [0.2, 0.25) is 0 Å². The molecule has 0 aliphatic carbocycles. The van der Waals surface area contributed by atoms with Crippen molar-refractivity contribution in [3.8, 4) is 0 Å². The standard InChI is InChI=1S/C18H20N4OS/c1-12(2)18-20-13(3)16(24-18)17(23)21-15-9-19-22(11-15)10-14-7-5-4-6-8-14/h4-9,11-12H,10H2,1-3H3,(H,21,23). The highest BCUT2D eigenvalue weighted by Crippen LogP contribution is 2.25. The summed E-state index contributed by atoms with van der Waals surface area (Å²) >= 11 is 1.45. The first-order valence-electron chi connectivity index (χ1n) is 7.88. The number of aryl methyl sites for hydroxylation is 1. The highest BCUT2D eigenvalue weighted by Gasteiger charge is 2.17. The van der Waals surface area contributed by atoms with Crippen LogP contribution in [0.15, 0.2) is 42.7 Å². The normalized spacial score (nSPS) is 11.0. The van der Waals surface area contributed by atoms with Gasteiger partial charge in [0.15, 0.2) is 0 Å². The van der Waals surface area contributed by atoms with Crippen LogP contribution in [-0.4, -0.2) is 20.7 Å². The summed E-state index contributed by atoms with van der Waals surface area (Å²) in [6, 6.07) is 10.1. The number of carbonyl (C=O) groups is 1. The van der Waals surface area contributed by atoms with Gasteiger partial charge in [-0.05, 0) is 12.5 Å². The maximum Gasteiger partial charge on any atom is 0.267 e. The predicted octanol–water partition coefficient (Wildman–Crippen LogP) is 4.07. The van der Waals surface area contributed by atoms with Gasteiger partial charge < -0.3 is 5.32 Å². The molecule has 0 saturated heterocycles. The monoisotopic (exact) mass is 340 g/mol. The lowest BCUT2D eigenvalue weighted by Crippen LogP contribution is -2.11. The highest BCUT2D eigenvalue weighted by atomic mass is 32.1. The number of thiazole rings is 1. The van der Waals surface area contributed by atoms with E-state index < -0.39 is 0 Å². The average Bonchev–Trinajstić information content (AvgIpc) is 3.15. The number of nitrogens with zero attached hydrogens (tertiary/aromatic N) is 3. The SMILES string of the molecule is Cc1nc(C(C)C)sc1C(=O)Nc1cnn(Cc2ccccc2)c1. The summed E-state index contributed by atoms with van der Waals surface area (Å²) < 4.78 is 1.81. The summed E-state index contributed by atoms with van der Waals surface area (Å²) in [5.74, 6) is 0.194. The lowest BCUT2D eigenvalue weighted by Gasteiger charge is -2.02. The van der Waals surface area contributed by atoms with Crippen LogP contribution in [0.2, 0.25) is 0 Å². The van der Waals surface area contributed by atoms with E-state index in [1.807, 2.05) is 48.1 Å². The zero-order chi connectivity index (χ0) is 17.1. The van der Waals surface area contributed by atoms with Crippen LogP contribution in [0.5, 0.6) is 0 Å². The molecule has 2 heterocycles. The van der Waals surface area contributed by atoms with E-state index in [4.69, 9.17) is 0 Å². The molecule has 0 bridgehead atoms. The zero-order valence-corrected chi connectivity index (χ0v) is 14.8. The van der Waals surface area contributed by atoms with Gasteiger partial charge in [-0.3, -0.25) is 9.48 Å². The Hall–Kier alpha value is -2.47. The first-order chi connectivity index (χ1) is 11.5. The molecular formula is C18H20N4OS. The Balaban J connectivity index is 1.69. The number of amides is 1. The summed E-state index contributed by atoms with van der Waals surface area (Å²) in [6.45, 7) is 6.70. The Morgan fingerprint density at radius 2 is 2.04 bits per heavy atom. The molecule has 0 radical (unpaired) electrons. The Labute approximate surface area is 145 Å². The summed E-state index contributed by atoms with van der Waals surface area (Å²) in [5, 5.41) is 8.19. The Morgan fingerprint density at radius 1 is 1.29 bits per heavy atom. The van der Waals surface area contributed by atoms with Gasteiger partial charge in [0.25, 0.3) is 5.91 Å². The maximum atomic E-state index is 12.5. The third kappa shape index (κ3) is 3.71. The van der Waals surface area contributed by atoms with E-state index in [0.717, 1.165) is 10.7 Å². The van der Waals surface area contributed by atoms with Crippen LogP contribution in [0.4, 0.5) is 5.69 Å². The fraction of sp³-hybridized carbons (Fsp3) is 0.278. The molecule has 0 fully saturated rings. The number of nitrogens with one attached hydrogen (secondary N) is 1. The fourth-order valence-corrected chi connectivity index (χ4v) is 3.31. The number of aromatic nitrogens is 3. The van der Waals surface area contributed by atoms with Gasteiger partial charge in [0.1, 0.15) is 4.88 Å². The van der Waals surface area contributed by atoms with Crippen molar-refractivity contribution < 1.29 is 4.79 Å². The van der Waals surface area contributed by atoms with E-state index >= 15 is 0 Å². The molecule has 0 saturated carbocycles. The molecular weight excluding hydrogens is 320 g/mol. The largest absolute Gasteiger partial charge is 0.319 e. The minimum Gasteiger partial charge on any atom is -0.319 e. The van der Waals surface area contributed by atoms with Gasteiger partial charge in [-0.2, -0.15) is 5.10 Å². The van der Waals surface area contributed by atoms with Crippen molar-refractivity contribution >= 4 is 22.9 Å². The summed E-state index contributed by atoms with van der Waals surface area (Å²) in [4.78, 5) is 17.6. The first-order valence-corrected chi connectivity index (χ1v) is 8.69. The second-order valence-corrected chi connectivity index (χ2v) is 7.02. The van der Waals surface area contributed by atoms with Gasteiger partial charge in [-0.15, -0.1) is 11.3 Å². The molecule has 3 rings (SSSR count). The topological polar surface area (TPSA) is 59.8 Å². The Morgan fingerprint density at radius 3 is 2.71 bits per heavy atom. The van der Waals surface area contributed by atoms with Crippen LogP contribution in [0.25, 0.3) is 0 Å². The molecule has 0 aliphatic heterocycles. The molecule has 2 aromatic heterocycles. The average molecular weight is 340 g/mol. The summed E-state index contributed by atoms with van der Waals surface area (Å²) in [6.07, 6.45) is 3.51. The third-order valence-electron chi connectivity index (χ3n) is 3.59. The molecule has 124 valence electrons. The van der Waals surface area contributed by atoms with Crippen LogP contribution in [0.3, 0.4) is 0 Å². The molecule has 0 unspecified atom stereocenters. The lowest BCUT2D eigenvalue weighted by molar-refractivity contribution is 0.103. The Kier molecular flexibility index (Phi) is 4.76. The summed E-state index contributed by atoms with van der Waals surface area (Å²) in [5.41, 5.74) is 2.63. The number of benzene rings is 1. The molecule has 1 amide bonds. The van der Waals surface area contributed by atoms with Gasteiger partial charge in [-0.25, -0.2) is 4.98 Å². The van der Waals surface area contributed by atoms with Crippen LogP contribution in [0, 0.1) is 6.92 Å². The van der Waals surface area contributed by atoms with Crippen LogP contribution in [0.1, 0.15) is 45.7 Å². The molecule has 6 heteroatoms. The zero-order valence-electron chi connectivity index (χ0n) is 14.0. The van der Waals surface area contributed by atoms with E-state index in [1.165, 1.54) is 16.9 Å². The van der Waals surface area contributed by atoms with Crippen molar-refractivity contribution in [2.24, 2.45) is 0 Å². The smallest absolute Gasteiger partial charge is 0.267 e. The highest BCUT2D eigenvalue weighted by molar-refractivity contribution is 7.14. The van der Waals surface area contributed by atoms with Gasteiger partial charge in [0, 0.05) is 12.1 Å². The molecule has 24 heavy (non-hydrogen) atoms. The van der Waals surface area contributed by atoms with E-state index in [-0.39, 0.29) is 5.91 Å². The van der Waals surface area contributed by atoms with Crippen molar-refractivity contribution in [1.82, 2.24) is 14.8 Å². The van der Waals surface area contributed by atoms with E-state index in [9.17, 15) is 4.79 Å². The second-order valence-electron chi connectivity index (χ2n) is 5.99. The predicted molar refractivity (Wildman–Crippen MR) is 96.7 cm³/mol. The molecule has 0 atom stereocenters. The van der Waals surface area contributed by atoms with Crippen LogP contribution in [-0.2, 0) is 6.54 Å². The number of hydrogen-bond acceptors (Lipinski definition) is 4. The molecule has 1 aromatic carbocycles. The van der Waals surface area contributed by atoms with Crippen LogP contribution >= 0.6 is 11.3 Å². The van der Waals surface area contributed by atoms with Crippen molar-refractivity contribution in [2.75, 3.05) is 5.32 Å². The Bertz CT molecular complexity index is 836. The quantitative estimate of drug-likeness (QED) is 0.761. The number of anilines is 1. The van der Waals surface area contributed by atoms with E-state index in [1.54, 1.807) is 6.20 Å². The van der Waals surface area contributed by atoms with Gasteiger partial charge in [0.05, 0.1) is 29.1 Å². The molecule has 1 N–H and O–H groups in total. The number of rotatable bonds is 5. The van der Waals surface area contributed by atoms with Gasteiger partial charge in [-0.1, -0.05) is 44.2 Å². The minimum absolute atomic E-state index is 0.129. The first kappa shape index (κ1) is 16.4. The van der Waals surface area contributed by atoms with Crippen molar-refractivity contribution in [3.63, 3.8) is 0 Å². The van der Waals surface area contributed by atoms with Crippen molar-refractivity contribution in [3.05, 3.63) is 63.9 Å². The lowest BCUT2D eigenvalue weighted by atomic mass is 10.2. The van der Waals surface area contributed by atoms with Crippen molar-refractivity contribution in [1.29, 1.82) is 0 Å². The van der Waals surface area contributed by atoms with Gasteiger partial charge >= 0.3 is 0 Å². The molecule has 0 spiro atoms. The maximum absolute atomic E-state index is 12.5. The van der Waals surface area contributed by atoms with E-state index in [0.29, 0.717) is 23.0 Å². The molecule has 3 aromatic rings. The third-order valence-corrected chi connectivity index (χ3v) is 5.05. The van der Waals surface area contributed by atoms with Crippen molar-refractivity contribution in [2.45, 2.75) is 33.2 Å².